The number of amides is 2. The van der Waals surface area contributed by atoms with Gasteiger partial charge in [0.2, 0.25) is 5.91 Å². The van der Waals surface area contributed by atoms with Crippen molar-refractivity contribution in [3.63, 3.8) is 0 Å². The number of halogens is 4. The van der Waals surface area contributed by atoms with Gasteiger partial charge < -0.3 is 10.2 Å². The summed E-state index contributed by atoms with van der Waals surface area (Å²) in [6.07, 6.45) is -1.05. The third-order valence-corrected chi connectivity index (χ3v) is 5.56. The van der Waals surface area contributed by atoms with Gasteiger partial charge in [-0.1, -0.05) is 11.3 Å². The number of likely N-dealkylation sites (tertiary alicyclic amines) is 1. The molecule has 3 aromatic rings. The van der Waals surface area contributed by atoms with Crippen LogP contribution in [-0.2, 0) is 17.5 Å². The lowest BCUT2D eigenvalue weighted by Crippen LogP contribution is -2.43. The number of piperidine rings is 1. The lowest BCUT2D eigenvalue weighted by atomic mass is 9.95. The molecule has 8 nitrogen and oxygen atoms in total. The van der Waals surface area contributed by atoms with Gasteiger partial charge in [0.1, 0.15) is 5.82 Å². The molecule has 1 aliphatic rings. The highest BCUT2D eigenvalue weighted by molar-refractivity contribution is 5.94. The minimum atomic E-state index is -4.92. The number of carbonyl (C=O) groups excluding carboxylic acids is 2. The summed E-state index contributed by atoms with van der Waals surface area (Å²) in [5.41, 5.74) is -1.41. The molecule has 0 aliphatic carbocycles. The van der Waals surface area contributed by atoms with Crippen LogP contribution in [0, 0.1) is 11.7 Å². The van der Waals surface area contributed by atoms with Crippen molar-refractivity contribution in [2.45, 2.75) is 25.6 Å². The number of hydrogen-bond acceptors (Lipinski definition) is 5. The van der Waals surface area contributed by atoms with E-state index in [0.717, 1.165) is 29.8 Å². The molecule has 0 atom stereocenters. The van der Waals surface area contributed by atoms with E-state index in [4.69, 9.17) is 0 Å². The number of benzene rings is 1. The highest BCUT2D eigenvalue weighted by atomic mass is 19.4. The molecule has 0 radical (unpaired) electrons. The van der Waals surface area contributed by atoms with Crippen LogP contribution in [0.2, 0.25) is 0 Å². The summed E-state index contributed by atoms with van der Waals surface area (Å²) in [6, 6.07) is 7.79. The van der Waals surface area contributed by atoms with E-state index in [0.29, 0.717) is 24.1 Å². The van der Waals surface area contributed by atoms with Crippen LogP contribution in [0.1, 0.15) is 34.6 Å². The van der Waals surface area contributed by atoms with Gasteiger partial charge >= 0.3 is 6.18 Å². The standard InChI is InChI=1S/C22H20F4N6O2/c23-16-3-5-17(6-4-16)32-19(22(24,25)26)18(29-30-32)21(34)31-10-7-15(8-11-31)20(33)28-13-14-2-1-9-27-12-14/h1-6,9,12,15H,7-8,10-11,13H2,(H,28,33). The molecule has 1 aliphatic heterocycles. The molecule has 34 heavy (non-hydrogen) atoms. The van der Waals surface area contributed by atoms with Crippen molar-refractivity contribution < 1.29 is 27.2 Å². The Hall–Kier alpha value is -3.83. The molecule has 178 valence electrons. The van der Waals surface area contributed by atoms with Gasteiger partial charge in [0, 0.05) is 37.9 Å². The third kappa shape index (κ3) is 5.05. The van der Waals surface area contributed by atoms with Crippen molar-refractivity contribution in [3.05, 3.63) is 71.6 Å². The molecule has 1 fully saturated rings. The largest absolute Gasteiger partial charge is 0.435 e. The van der Waals surface area contributed by atoms with Crippen molar-refractivity contribution >= 4 is 11.8 Å². The molecule has 1 saturated heterocycles. The Morgan fingerprint density at radius 1 is 1.09 bits per heavy atom. The first-order chi connectivity index (χ1) is 16.2. The molecule has 0 spiro atoms. The van der Waals surface area contributed by atoms with Gasteiger partial charge in [-0.2, -0.15) is 13.2 Å². The van der Waals surface area contributed by atoms with E-state index in [1.54, 1.807) is 18.5 Å². The fourth-order valence-electron chi connectivity index (χ4n) is 3.77. The Kier molecular flexibility index (Phi) is 6.57. The molecular weight excluding hydrogens is 456 g/mol. The van der Waals surface area contributed by atoms with E-state index >= 15 is 0 Å². The number of aromatic nitrogens is 4. The van der Waals surface area contributed by atoms with Gasteiger partial charge in [0.15, 0.2) is 11.4 Å². The minimum Gasteiger partial charge on any atom is -0.352 e. The maximum atomic E-state index is 13.8. The SMILES string of the molecule is O=C(NCc1cccnc1)C1CCN(C(=O)c2nnn(-c3ccc(F)cc3)c2C(F)(F)F)CC1. The molecule has 0 bridgehead atoms. The average Bonchev–Trinajstić information content (AvgIpc) is 3.29. The van der Waals surface area contributed by atoms with Crippen LogP contribution < -0.4 is 5.32 Å². The van der Waals surface area contributed by atoms with Crippen molar-refractivity contribution in [1.29, 1.82) is 0 Å². The number of nitrogens with one attached hydrogen (secondary N) is 1. The molecule has 0 saturated carbocycles. The molecule has 2 aromatic heterocycles. The van der Waals surface area contributed by atoms with Crippen LogP contribution in [0.3, 0.4) is 0 Å². The smallest absolute Gasteiger partial charge is 0.352 e. The highest BCUT2D eigenvalue weighted by Gasteiger charge is 2.43. The van der Waals surface area contributed by atoms with Crippen LogP contribution in [-0.4, -0.2) is 49.8 Å². The molecule has 3 heterocycles. The lowest BCUT2D eigenvalue weighted by molar-refractivity contribution is -0.143. The summed E-state index contributed by atoms with van der Waals surface area (Å²) in [6.45, 7) is 0.516. The summed E-state index contributed by atoms with van der Waals surface area (Å²) < 4.78 is 55.1. The predicted octanol–water partition coefficient (Wildman–Crippen LogP) is 2.99. The Morgan fingerprint density at radius 2 is 1.79 bits per heavy atom. The van der Waals surface area contributed by atoms with Gasteiger partial charge in [-0.25, -0.2) is 9.07 Å². The lowest BCUT2D eigenvalue weighted by Gasteiger charge is -2.31. The second-order valence-corrected chi connectivity index (χ2v) is 7.82. The van der Waals surface area contributed by atoms with Crippen LogP contribution >= 0.6 is 0 Å². The van der Waals surface area contributed by atoms with E-state index in [9.17, 15) is 27.2 Å². The van der Waals surface area contributed by atoms with Crippen molar-refractivity contribution in [2.75, 3.05) is 13.1 Å². The molecule has 2 amide bonds. The maximum Gasteiger partial charge on any atom is 0.435 e. The number of pyridine rings is 1. The summed E-state index contributed by atoms with van der Waals surface area (Å²) in [4.78, 5) is 30.6. The molecule has 4 rings (SSSR count). The van der Waals surface area contributed by atoms with Gasteiger partial charge in [-0.15, -0.1) is 5.10 Å². The van der Waals surface area contributed by atoms with Crippen LogP contribution in [0.25, 0.3) is 5.69 Å². The predicted molar refractivity (Wildman–Crippen MR) is 111 cm³/mol. The summed E-state index contributed by atoms with van der Waals surface area (Å²) in [5.74, 6) is -2.09. The Balaban J connectivity index is 1.44. The Morgan fingerprint density at radius 3 is 2.41 bits per heavy atom. The second-order valence-electron chi connectivity index (χ2n) is 7.82. The normalized spacial score (nSPS) is 14.8. The second kappa shape index (κ2) is 9.57. The van der Waals surface area contributed by atoms with Gasteiger partial charge in [-0.05, 0) is 48.7 Å². The zero-order valence-electron chi connectivity index (χ0n) is 17.8. The number of hydrogen-bond donors (Lipinski definition) is 1. The first-order valence-corrected chi connectivity index (χ1v) is 10.5. The fraction of sp³-hybridized carbons (Fsp3) is 0.318. The Labute approximate surface area is 191 Å². The summed E-state index contributed by atoms with van der Waals surface area (Å²) in [5, 5.41) is 9.81. The number of rotatable bonds is 5. The van der Waals surface area contributed by atoms with Gasteiger partial charge in [0.25, 0.3) is 5.91 Å². The van der Waals surface area contributed by atoms with E-state index < -0.39 is 29.3 Å². The summed E-state index contributed by atoms with van der Waals surface area (Å²) in [7, 11) is 0. The van der Waals surface area contributed by atoms with Crippen molar-refractivity contribution in [3.8, 4) is 5.69 Å². The van der Waals surface area contributed by atoms with E-state index in [1.807, 2.05) is 6.07 Å². The van der Waals surface area contributed by atoms with E-state index in [-0.39, 0.29) is 30.6 Å². The van der Waals surface area contributed by atoms with E-state index in [2.05, 4.69) is 20.6 Å². The highest BCUT2D eigenvalue weighted by Crippen LogP contribution is 2.33. The van der Waals surface area contributed by atoms with Gasteiger partial charge in [-0.3, -0.25) is 14.6 Å². The monoisotopic (exact) mass is 476 g/mol. The third-order valence-electron chi connectivity index (χ3n) is 5.56. The van der Waals surface area contributed by atoms with E-state index in [1.165, 1.54) is 4.90 Å². The van der Waals surface area contributed by atoms with Gasteiger partial charge in [0.05, 0.1) is 5.69 Å². The minimum absolute atomic E-state index is 0.0794. The molecule has 1 aromatic carbocycles. The molecule has 12 heteroatoms. The topological polar surface area (TPSA) is 93.0 Å². The zero-order valence-corrected chi connectivity index (χ0v) is 17.8. The van der Waals surface area contributed by atoms with Crippen molar-refractivity contribution in [1.82, 2.24) is 30.2 Å². The Bertz CT molecular complexity index is 1160. The van der Waals surface area contributed by atoms with Crippen molar-refractivity contribution in [2.24, 2.45) is 5.92 Å². The first-order valence-electron chi connectivity index (χ1n) is 10.5. The molecule has 1 N–H and O–H groups in total. The first kappa shape index (κ1) is 23.3. The van der Waals surface area contributed by atoms with Crippen LogP contribution in [0.5, 0.6) is 0 Å². The quantitative estimate of drug-likeness (QED) is 0.572. The van der Waals surface area contributed by atoms with Crippen LogP contribution in [0.4, 0.5) is 17.6 Å². The average molecular weight is 476 g/mol. The molecule has 0 unspecified atom stereocenters. The van der Waals surface area contributed by atoms with Crippen LogP contribution in [0.15, 0.2) is 48.8 Å². The molecular formula is C22H20F4N6O2. The maximum absolute atomic E-state index is 13.8. The zero-order chi connectivity index (χ0) is 24.3. The number of nitrogens with zero attached hydrogens (tertiary/aromatic N) is 5. The fourth-order valence-corrected chi connectivity index (χ4v) is 3.77. The summed E-state index contributed by atoms with van der Waals surface area (Å²) >= 11 is 0. The number of carbonyl (C=O) groups is 2. The number of alkyl halides is 3.